The molecule has 2 atom stereocenters. The maximum Gasteiger partial charge on any atom is 0.433 e. The van der Waals surface area contributed by atoms with Gasteiger partial charge in [-0.3, -0.25) is 0 Å². The van der Waals surface area contributed by atoms with Gasteiger partial charge in [0.2, 0.25) is 11.8 Å². The van der Waals surface area contributed by atoms with Crippen LogP contribution in [0.3, 0.4) is 0 Å². The molecule has 34 heavy (non-hydrogen) atoms. The van der Waals surface area contributed by atoms with Gasteiger partial charge in [0.15, 0.2) is 0 Å². The van der Waals surface area contributed by atoms with Crippen molar-refractivity contribution in [3.05, 3.63) is 65.5 Å². The number of aliphatic imine (C=N–C) groups is 1. The first kappa shape index (κ1) is 24.9. The molecular formula is C25H30N4O5. The molecule has 1 N–H and O–H groups in total. The molecule has 1 aromatic heterocycles. The Labute approximate surface area is 199 Å². The van der Waals surface area contributed by atoms with Crippen molar-refractivity contribution in [2.24, 2.45) is 4.99 Å². The minimum absolute atomic E-state index is 0.145. The van der Waals surface area contributed by atoms with E-state index < -0.39 is 23.1 Å². The van der Waals surface area contributed by atoms with E-state index in [0.717, 1.165) is 5.56 Å². The highest BCUT2D eigenvalue weighted by Gasteiger charge is 2.33. The van der Waals surface area contributed by atoms with Crippen LogP contribution in [-0.4, -0.2) is 47.2 Å². The van der Waals surface area contributed by atoms with Crippen molar-refractivity contribution in [1.29, 1.82) is 0 Å². The fourth-order valence-electron chi connectivity index (χ4n) is 3.41. The van der Waals surface area contributed by atoms with Crippen LogP contribution < -0.4 is 5.32 Å². The zero-order chi connectivity index (χ0) is 24.9. The summed E-state index contributed by atoms with van der Waals surface area (Å²) in [6.45, 7) is 9.08. The predicted octanol–water partition coefficient (Wildman–Crippen LogP) is 4.01. The Morgan fingerprint density at radius 1 is 1.18 bits per heavy atom. The van der Waals surface area contributed by atoms with Crippen LogP contribution in [0.25, 0.3) is 5.57 Å². The number of rotatable bonds is 6. The number of amides is 1. The molecule has 0 spiro atoms. The normalized spacial score (nSPS) is 17.9. The Kier molecular flexibility index (Phi) is 7.34. The number of carbonyl (C=O) groups excluding carboxylic acids is 2. The van der Waals surface area contributed by atoms with Crippen LogP contribution >= 0.6 is 0 Å². The second-order valence-electron chi connectivity index (χ2n) is 9.34. The van der Waals surface area contributed by atoms with E-state index in [-0.39, 0.29) is 17.8 Å². The topological polar surface area (TPSA) is 116 Å². The number of methoxy groups -OCH3 is 1. The van der Waals surface area contributed by atoms with Crippen LogP contribution in [0, 0.1) is 0 Å². The molecule has 9 nitrogen and oxygen atoms in total. The minimum Gasteiger partial charge on any atom is -0.464 e. The number of allylic oxidation sites excluding steroid dienone is 2. The van der Waals surface area contributed by atoms with E-state index in [1.54, 1.807) is 26.8 Å². The number of aromatic nitrogens is 2. The highest BCUT2D eigenvalue weighted by Crippen LogP contribution is 2.29. The van der Waals surface area contributed by atoms with Gasteiger partial charge in [-0.15, -0.1) is 10.2 Å². The molecule has 2 heterocycles. The molecule has 2 unspecified atom stereocenters. The van der Waals surface area contributed by atoms with Gasteiger partial charge in [-0.2, -0.15) is 4.99 Å². The highest BCUT2D eigenvalue weighted by atomic mass is 16.6. The van der Waals surface area contributed by atoms with E-state index in [2.05, 4.69) is 20.5 Å². The van der Waals surface area contributed by atoms with E-state index >= 15 is 0 Å². The van der Waals surface area contributed by atoms with Gasteiger partial charge in [0.25, 0.3) is 0 Å². The number of nitrogens with one attached hydrogen (secondary N) is 1. The number of carbonyl (C=O) groups is 2. The highest BCUT2D eigenvalue weighted by molar-refractivity contribution is 5.92. The zero-order valence-electron chi connectivity index (χ0n) is 20.3. The monoisotopic (exact) mass is 466 g/mol. The number of hydrogen-bond donors (Lipinski definition) is 1. The summed E-state index contributed by atoms with van der Waals surface area (Å²) < 4.78 is 16.2. The molecule has 1 amide bonds. The predicted molar refractivity (Wildman–Crippen MR) is 127 cm³/mol. The Balaban J connectivity index is 1.95. The Bertz CT molecular complexity index is 1130. The van der Waals surface area contributed by atoms with Crippen LogP contribution in [0.2, 0.25) is 0 Å². The van der Waals surface area contributed by atoms with Gasteiger partial charge in [-0.25, -0.2) is 9.59 Å². The number of dihydropyridines is 1. The Hall–Kier alpha value is -3.75. The van der Waals surface area contributed by atoms with Gasteiger partial charge in [0, 0.05) is 17.8 Å². The average molecular weight is 467 g/mol. The second kappa shape index (κ2) is 10.0. The molecule has 0 bridgehead atoms. The van der Waals surface area contributed by atoms with Gasteiger partial charge in [0.1, 0.15) is 11.3 Å². The van der Waals surface area contributed by atoms with Crippen LogP contribution in [0.4, 0.5) is 4.79 Å². The van der Waals surface area contributed by atoms with Gasteiger partial charge in [-0.05, 0) is 58.8 Å². The van der Waals surface area contributed by atoms with Crippen LogP contribution in [0.15, 0.2) is 57.6 Å². The molecular weight excluding hydrogens is 436 g/mol. The molecule has 1 aliphatic heterocycles. The average Bonchev–Trinajstić information content (AvgIpc) is 3.28. The molecule has 0 radical (unpaired) electrons. The summed E-state index contributed by atoms with van der Waals surface area (Å²) in [6.07, 6.45) is 4.72. The molecule has 0 fully saturated rings. The van der Waals surface area contributed by atoms with Crippen molar-refractivity contribution in [1.82, 2.24) is 15.5 Å². The van der Waals surface area contributed by atoms with Gasteiger partial charge in [0.05, 0.1) is 12.5 Å². The lowest BCUT2D eigenvalue weighted by Gasteiger charge is -2.22. The molecule has 1 aromatic carbocycles. The second-order valence-corrected chi connectivity index (χ2v) is 9.34. The van der Waals surface area contributed by atoms with Gasteiger partial charge in [-0.1, -0.05) is 30.3 Å². The quantitative estimate of drug-likeness (QED) is 0.501. The van der Waals surface area contributed by atoms with Crippen molar-refractivity contribution < 1.29 is 23.5 Å². The van der Waals surface area contributed by atoms with E-state index in [0.29, 0.717) is 17.7 Å². The van der Waals surface area contributed by atoms with Crippen molar-refractivity contribution >= 4 is 23.9 Å². The fraction of sp³-hybridized carbons (Fsp3) is 0.400. The summed E-state index contributed by atoms with van der Waals surface area (Å²) in [5.74, 6) is 0.0315. The summed E-state index contributed by atoms with van der Waals surface area (Å²) in [6, 6.07) is 9.59. The molecule has 9 heteroatoms. The zero-order valence-corrected chi connectivity index (χ0v) is 20.3. The molecule has 0 aliphatic carbocycles. The summed E-state index contributed by atoms with van der Waals surface area (Å²) in [7, 11) is 1.32. The standard InChI is InChI=1S/C25H30N4O5/c1-16-12-18(13-19(27-16)21(30)32-6)20-28-29-22(33-20)25(5,14-17-10-8-7-9-11-17)15-26-23(31)34-24(2,3)4/h7-13,15-16,27H,14H2,1-6H3/b26-15-. The summed E-state index contributed by atoms with van der Waals surface area (Å²) in [4.78, 5) is 28.3. The lowest BCUT2D eigenvalue weighted by molar-refractivity contribution is -0.136. The van der Waals surface area contributed by atoms with E-state index in [9.17, 15) is 9.59 Å². The number of esters is 1. The van der Waals surface area contributed by atoms with Crippen molar-refractivity contribution in [3.63, 3.8) is 0 Å². The lowest BCUT2D eigenvalue weighted by Crippen LogP contribution is -2.31. The molecule has 3 rings (SSSR count). The third-order valence-electron chi connectivity index (χ3n) is 4.94. The number of ether oxygens (including phenoxy) is 2. The molecule has 0 saturated carbocycles. The summed E-state index contributed by atoms with van der Waals surface area (Å²) in [5, 5.41) is 11.5. The van der Waals surface area contributed by atoms with Crippen molar-refractivity contribution in [2.75, 3.05) is 7.11 Å². The number of nitrogens with zero attached hydrogens (tertiary/aromatic N) is 3. The number of hydrogen-bond acceptors (Lipinski definition) is 8. The molecule has 2 aromatic rings. The maximum absolute atomic E-state index is 12.3. The van der Waals surface area contributed by atoms with E-state index in [1.807, 2.05) is 50.3 Å². The van der Waals surface area contributed by atoms with Crippen molar-refractivity contribution in [2.45, 2.75) is 58.1 Å². The molecule has 0 saturated heterocycles. The number of benzene rings is 1. The third kappa shape index (κ3) is 6.40. The van der Waals surface area contributed by atoms with Crippen LogP contribution in [0.1, 0.15) is 52.0 Å². The van der Waals surface area contributed by atoms with Crippen molar-refractivity contribution in [3.8, 4) is 0 Å². The third-order valence-corrected chi connectivity index (χ3v) is 4.94. The molecule has 1 aliphatic rings. The smallest absolute Gasteiger partial charge is 0.433 e. The van der Waals surface area contributed by atoms with Gasteiger partial charge < -0.3 is 19.2 Å². The first-order chi connectivity index (χ1) is 16.0. The first-order valence-corrected chi connectivity index (χ1v) is 10.9. The van der Waals surface area contributed by atoms with Crippen LogP contribution in [-0.2, 0) is 26.1 Å². The Morgan fingerprint density at radius 2 is 1.88 bits per heavy atom. The summed E-state index contributed by atoms with van der Waals surface area (Å²) in [5.41, 5.74) is 0.339. The SMILES string of the molecule is COC(=O)C1=CC(c2nnc(C(C)(/C=N\C(=O)OC(C)(C)C)Cc3ccccc3)o2)=CC(C)N1. The van der Waals surface area contributed by atoms with Crippen LogP contribution in [0.5, 0.6) is 0 Å². The summed E-state index contributed by atoms with van der Waals surface area (Å²) >= 11 is 0. The minimum atomic E-state index is -0.891. The van der Waals surface area contributed by atoms with Gasteiger partial charge >= 0.3 is 12.1 Å². The first-order valence-electron chi connectivity index (χ1n) is 10.9. The molecule has 180 valence electrons. The largest absolute Gasteiger partial charge is 0.464 e. The van der Waals surface area contributed by atoms with E-state index in [1.165, 1.54) is 13.3 Å². The maximum atomic E-state index is 12.3. The van der Waals surface area contributed by atoms with E-state index in [4.69, 9.17) is 13.9 Å². The Morgan fingerprint density at radius 3 is 2.53 bits per heavy atom. The fourth-order valence-corrected chi connectivity index (χ4v) is 3.41. The lowest BCUT2D eigenvalue weighted by atomic mass is 9.84.